The summed E-state index contributed by atoms with van der Waals surface area (Å²) in [6.45, 7) is 8.32. The largest absolute Gasteiger partial charge is 0.444 e. The summed E-state index contributed by atoms with van der Waals surface area (Å²) < 4.78 is 35.7. The van der Waals surface area contributed by atoms with E-state index in [0.717, 1.165) is 42.1 Å². The van der Waals surface area contributed by atoms with Crippen LogP contribution in [-0.4, -0.2) is 62.5 Å². The van der Waals surface area contributed by atoms with Crippen molar-refractivity contribution in [3.8, 4) is 0 Å². The number of nitrogens with zero attached hydrogens (tertiary/aromatic N) is 4. The average Bonchev–Trinajstić information content (AvgIpc) is 3.47. The number of halogens is 2. The summed E-state index contributed by atoms with van der Waals surface area (Å²) in [5.41, 5.74) is 1.09. The minimum Gasteiger partial charge on any atom is -0.444 e. The van der Waals surface area contributed by atoms with E-state index in [4.69, 9.17) is 4.74 Å². The van der Waals surface area contributed by atoms with Crippen molar-refractivity contribution in [1.82, 2.24) is 19.8 Å². The Bertz CT molecular complexity index is 1530. The van der Waals surface area contributed by atoms with Crippen molar-refractivity contribution in [2.24, 2.45) is 0 Å². The van der Waals surface area contributed by atoms with Crippen LogP contribution < -0.4 is 0 Å². The summed E-state index contributed by atoms with van der Waals surface area (Å²) in [4.78, 5) is 40.2. The van der Waals surface area contributed by atoms with Gasteiger partial charge in [0.25, 0.3) is 11.8 Å². The standard InChI is InChI=1S/C32H38F2N4O3S/c1-17-35-27(23-11-12-42-28(23)36-17)25-16-24(25)22-10-7-18(13-26(22)32(5,33)34)29(39)37(6)21-14-19-8-9-20(15-21)38(19)30(40)41-31(2,3)4/h7,10-13,19-21,24-25H,8-9,14-16H2,1-6H3/t19-,20+,21?,24?,25?. The minimum atomic E-state index is -3.10. The molecule has 10 heteroatoms. The number of thiophene rings is 1. The number of piperidine rings is 1. The molecule has 3 fully saturated rings. The average molecular weight is 597 g/mol. The number of aryl methyl sites for hydroxylation is 1. The van der Waals surface area contributed by atoms with E-state index in [0.29, 0.717) is 24.2 Å². The predicted octanol–water partition coefficient (Wildman–Crippen LogP) is 7.39. The van der Waals surface area contributed by atoms with Gasteiger partial charge in [-0.25, -0.2) is 23.5 Å². The Balaban J connectivity index is 1.20. The van der Waals surface area contributed by atoms with Crippen molar-refractivity contribution < 1.29 is 23.1 Å². The van der Waals surface area contributed by atoms with Crippen molar-refractivity contribution in [2.45, 2.75) is 108 Å². The van der Waals surface area contributed by atoms with E-state index in [9.17, 15) is 9.59 Å². The van der Waals surface area contributed by atoms with Gasteiger partial charge in [-0.1, -0.05) is 6.07 Å². The Morgan fingerprint density at radius 1 is 1.02 bits per heavy atom. The molecule has 0 N–H and O–H groups in total. The third kappa shape index (κ3) is 5.38. The first-order chi connectivity index (χ1) is 19.7. The van der Waals surface area contributed by atoms with Gasteiger partial charge >= 0.3 is 6.09 Å². The summed E-state index contributed by atoms with van der Waals surface area (Å²) in [5.74, 6) is -2.74. The van der Waals surface area contributed by atoms with Crippen LogP contribution in [0.25, 0.3) is 10.2 Å². The Morgan fingerprint density at radius 2 is 1.71 bits per heavy atom. The molecule has 2 aromatic heterocycles. The summed E-state index contributed by atoms with van der Waals surface area (Å²) in [6.07, 6.45) is 3.46. The van der Waals surface area contributed by atoms with Gasteiger partial charge in [-0.15, -0.1) is 11.3 Å². The van der Waals surface area contributed by atoms with Crippen molar-refractivity contribution in [3.05, 3.63) is 57.9 Å². The third-order valence-electron chi connectivity index (χ3n) is 8.96. The maximum atomic E-state index is 15.0. The van der Waals surface area contributed by atoms with E-state index >= 15 is 8.78 Å². The number of rotatable bonds is 5. The molecule has 2 saturated heterocycles. The number of fused-ring (bicyclic) bond motifs is 3. The van der Waals surface area contributed by atoms with E-state index in [-0.39, 0.29) is 53.1 Å². The zero-order chi connectivity index (χ0) is 30.1. The van der Waals surface area contributed by atoms with Crippen molar-refractivity contribution >= 4 is 33.6 Å². The van der Waals surface area contributed by atoms with Crippen LogP contribution in [0.1, 0.15) is 105 Å². The molecule has 2 bridgehead atoms. The first-order valence-electron chi connectivity index (χ1n) is 14.7. The highest BCUT2D eigenvalue weighted by molar-refractivity contribution is 7.16. The number of alkyl halides is 2. The maximum absolute atomic E-state index is 15.0. The van der Waals surface area contributed by atoms with Crippen LogP contribution in [0.15, 0.2) is 29.6 Å². The molecule has 1 aliphatic carbocycles. The first-order valence-corrected chi connectivity index (χ1v) is 15.6. The number of hydrogen-bond donors (Lipinski definition) is 0. The van der Waals surface area contributed by atoms with Gasteiger partial charge < -0.3 is 14.5 Å². The number of carbonyl (C=O) groups is 2. The minimum absolute atomic E-state index is 0.00342. The van der Waals surface area contributed by atoms with Gasteiger partial charge in [-0.2, -0.15) is 0 Å². The van der Waals surface area contributed by atoms with Crippen molar-refractivity contribution in [1.29, 1.82) is 0 Å². The van der Waals surface area contributed by atoms with Gasteiger partial charge in [0.05, 0.1) is 5.69 Å². The lowest BCUT2D eigenvalue weighted by Gasteiger charge is -2.42. The number of hydrogen-bond acceptors (Lipinski definition) is 6. The molecule has 1 saturated carbocycles. The number of aromatic nitrogens is 2. The van der Waals surface area contributed by atoms with Crippen LogP contribution in [-0.2, 0) is 10.7 Å². The second-order valence-corrected chi connectivity index (χ2v) is 14.1. The summed E-state index contributed by atoms with van der Waals surface area (Å²) in [5, 5.41) is 2.97. The monoisotopic (exact) mass is 596 g/mol. The molecule has 4 heterocycles. The summed E-state index contributed by atoms with van der Waals surface area (Å²) in [6, 6.07) is 6.72. The molecular formula is C32H38F2N4O3S. The SMILES string of the molecule is Cc1nc(C2CC2c2ccc(C(=O)N(C)C3C[C@H]4CC[C@@H](C3)N4C(=O)OC(C)(C)C)cc2C(C)(F)F)c2ccsc2n1. The van der Waals surface area contributed by atoms with Gasteiger partial charge in [0, 0.05) is 54.5 Å². The lowest BCUT2D eigenvalue weighted by atomic mass is 9.93. The number of ether oxygens (including phenoxy) is 1. The van der Waals surface area contributed by atoms with E-state index in [2.05, 4.69) is 9.97 Å². The molecule has 3 unspecified atom stereocenters. The maximum Gasteiger partial charge on any atom is 0.410 e. The highest BCUT2D eigenvalue weighted by Crippen LogP contribution is 2.57. The summed E-state index contributed by atoms with van der Waals surface area (Å²) in [7, 11) is 1.74. The van der Waals surface area contributed by atoms with E-state index in [1.165, 1.54) is 6.07 Å². The molecule has 224 valence electrons. The lowest BCUT2D eigenvalue weighted by molar-refractivity contribution is -0.00112. The highest BCUT2D eigenvalue weighted by atomic mass is 32.1. The molecule has 3 aromatic rings. The molecule has 1 aromatic carbocycles. The van der Waals surface area contributed by atoms with Crippen LogP contribution in [0.2, 0.25) is 0 Å². The second kappa shape index (κ2) is 10.2. The van der Waals surface area contributed by atoms with Gasteiger partial charge in [-0.05, 0) is 94.9 Å². The van der Waals surface area contributed by atoms with Gasteiger partial charge in [0.15, 0.2) is 0 Å². The fourth-order valence-electron chi connectivity index (χ4n) is 6.95. The molecule has 5 atom stereocenters. The predicted molar refractivity (Wildman–Crippen MR) is 158 cm³/mol. The molecule has 3 aliphatic rings. The quantitative estimate of drug-likeness (QED) is 0.307. The van der Waals surface area contributed by atoms with Crippen molar-refractivity contribution in [2.75, 3.05) is 7.05 Å². The van der Waals surface area contributed by atoms with Gasteiger partial charge in [-0.3, -0.25) is 4.79 Å². The normalized spacial score (nSPS) is 25.5. The Kier molecular flexibility index (Phi) is 7.06. The Labute approximate surface area is 249 Å². The zero-order valence-electron chi connectivity index (χ0n) is 25.0. The van der Waals surface area contributed by atoms with Crippen LogP contribution >= 0.6 is 11.3 Å². The van der Waals surface area contributed by atoms with Gasteiger partial charge in [0.2, 0.25) is 0 Å². The smallest absolute Gasteiger partial charge is 0.410 e. The fraction of sp³-hybridized carbons (Fsp3) is 0.562. The molecule has 2 aliphatic heterocycles. The Hall–Kier alpha value is -3.14. The Morgan fingerprint density at radius 3 is 2.36 bits per heavy atom. The molecule has 7 nitrogen and oxygen atoms in total. The van der Waals surface area contributed by atoms with Crippen LogP contribution in [0.3, 0.4) is 0 Å². The summed E-state index contributed by atoms with van der Waals surface area (Å²) >= 11 is 1.55. The molecule has 0 spiro atoms. The van der Waals surface area contributed by atoms with Gasteiger partial charge in [0.1, 0.15) is 16.3 Å². The lowest BCUT2D eigenvalue weighted by Crippen LogP contribution is -2.53. The molecular weight excluding hydrogens is 558 g/mol. The number of amides is 2. The topological polar surface area (TPSA) is 75.6 Å². The zero-order valence-corrected chi connectivity index (χ0v) is 25.8. The molecule has 2 amide bonds. The third-order valence-corrected chi connectivity index (χ3v) is 9.77. The molecule has 6 rings (SSSR count). The van der Waals surface area contributed by atoms with Crippen molar-refractivity contribution in [3.63, 3.8) is 0 Å². The highest BCUT2D eigenvalue weighted by Gasteiger charge is 2.47. The van der Waals surface area contributed by atoms with Crippen LogP contribution in [0.5, 0.6) is 0 Å². The molecule has 42 heavy (non-hydrogen) atoms. The second-order valence-electron chi connectivity index (χ2n) is 13.2. The number of benzene rings is 1. The molecule has 0 radical (unpaired) electrons. The van der Waals surface area contributed by atoms with E-state index in [1.807, 2.05) is 44.0 Å². The first kappa shape index (κ1) is 29.0. The van der Waals surface area contributed by atoms with Crippen LogP contribution in [0, 0.1) is 6.92 Å². The van der Waals surface area contributed by atoms with E-state index in [1.54, 1.807) is 35.4 Å². The number of carbonyl (C=O) groups excluding carboxylic acids is 2. The van der Waals surface area contributed by atoms with E-state index < -0.39 is 11.5 Å². The van der Waals surface area contributed by atoms with Crippen LogP contribution in [0.4, 0.5) is 13.6 Å². The fourth-order valence-corrected chi connectivity index (χ4v) is 7.77.